The third-order valence-corrected chi connectivity index (χ3v) is 4.16. The molecule has 2 rings (SSSR count). The smallest absolute Gasteiger partial charge is 0.225 e. The lowest BCUT2D eigenvalue weighted by molar-refractivity contribution is 0.586. The molecule has 0 unspecified atom stereocenters. The summed E-state index contributed by atoms with van der Waals surface area (Å²) in [6.45, 7) is 1.90. The Kier molecular flexibility index (Phi) is 3.26. The van der Waals surface area contributed by atoms with Gasteiger partial charge in [-0.25, -0.2) is 18.4 Å². The van der Waals surface area contributed by atoms with Gasteiger partial charge in [-0.1, -0.05) is 17.7 Å². The van der Waals surface area contributed by atoms with Crippen molar-refractivity contribution in [3.63, 3.8) is 0 Å². The minimum Gasteiger partial charge on any atom is -0.225 e. The van der Waals surface area contributed by atoms with Gasteiger partial charge in [0.25, 0.3) is 5.16 Å². The number of nitrogens with zero attached hydrogens (tertiary/aromatic N) is 2. The Bertz CT molecular complexity index is 570. The highest BCUT2D eigenvalue weighted by molar-refractivity contribution is 9.10. The molecule has 0 atom stereocenters. The molecule has 2 aromatic rings. The van der Waals surface area contributed by atoms with Crippen molar-refractivity contribution in [2.24, 2.45) is 0 Å². The van der Waals surface area contributed by atoms with E-state index in [1.165, 1.54) is 12.4 Å². The fourth-order valence-corrected chi connectivity index (χ4v) is 2.55. The van der Waals surface area contributed by atoms with E-state index in [-0.39, 0.29) is 10.1 Å². The maximum atomic E-state index is 12.1. The first-order chi connectivity index (χ1) is 8.00. The molecule has 0 radical (unpaired) electrons. The second kappa shape index (κ2) is 4.54. The summed E-state index contributed by atoms with van der Waals surface area (Å²) in [5.41, 5.74) is 1.00. The van der Waals surface area contributed by atoms with Crippen LogP contribution in [0.25, 0.3) is 0 Å². The first-order valence-electron chi connectivity index (χ1n) is 4.79. The Balaban J connectivity index is 2.50. The van der Waals surface area contributed by atoms with Crippen molar-refractivity contribution in [2.45, 2.75) is 17.0 Å². The highest BCUT2D eigenvalue weighted by Gasteiger charge is 2.20. The number of aromatic nitrogens is 2. The van der Waals surface area contributed by atoms with Crippen molar-refractivity contribution in [2.75, 3.05) is 0 Å². The normalized spacial score (nSPS) is 11.4. The van der Waals surface area contributed by atoms with Crippen molar-refractivity contribution < 1.29 is 8.42 Å². The Morgan fingerprint density at radius 3 is 2.12 bits per heavy atom. The average Bonchev–Trinajstić information content (AvgIpc) is 2.30. The molecule has 1 heterocycles. The quantitative estimate of drug-likeness (QED) is 0.799. The highest BCUT2D eigenvalue weighted by Crippen LogP contribution is 2.18. The lowest BCUT2D eigenvalue weighted by Gasteiger charge is -2.02. The largest absolute Gasteiger partial charge is 0.252 e. The van der Waals surface area contributed by atoms with Gasteiger partial charge in [-0.15, -0.1) is 0 Å². The van der Waals surface area contributed by atoms with E-state index >= 15 is 0 Å². The van der Waals surface area contributed by atoms with E-state index in [9.17, 15) is 8.42 Å². The predicted molar refractivity (Wildman–Crippen MR) is 66.4 cm³/mol. The van der Waals surface area contributed by atoms with Crippen LogP contribution in [0, 0.1) is 6.92 Å². The van der Waals surface area contributed by atoms with Crippen LogP contribution in [0.4, 0.5) is 0 Å². The highest BCUT2D eigenvalue weighted by atomic mass is 79.9. The molecule has 0 fully saturated rings. The molecule has 0 saturated heterocycles. The lowest BCUT2D eigenvalue weighted by Crippen LogP contribution is -2.06. The maximum Gasteiger partial charge on any atom is 0.252 e. The molecule has 0 aliphatic heterocycles. The van der Waals surface area contributed by atoms with E-state index in [1.54, 1.807) is 24.3 Å². The number of halogens is 1. The summed E-state index contributed by atoms with van der Waals surface area (Å²) >= 11 is 3.16. The number of rotatable bonds is 2. The van der Waals surface area contributed by atoms with Gasteiger partial charge in [-0.2, -0.15) is 0 Å². The third kappa shape index (κ3) is 2.53. The Hall–Kier alpha value is -1.27. The van der Waals surface area contributed by atoms with E-state index in [4.69, 9.17) is 0 Å². The Morgan fingerprint density at radius 1 is 1.06 bits per heavy atom. The molecule has 6 heteroatoms. The first kappa shape index (κ1) is 12.2. The van der Waals surface area contributed by atoms with E-state index in [2.05, 4.69) is 25.9 Å². The van der Waals surface area contributed by atoms with Gasteiger partial charge in [0.05, 0.1) is 9.37 Å². The topological polar surface area (TPSA) is 59.9 Å². The van der Waals surface area contributed by atoms with Crippen LogP contribution in [0.15, 0.2) is 51.2 Å². The van der Waals surface area contributed by atoms with Crippen LogP contribution in [0.1, 0.15) is 5.56 Å². The van der Waals surface area contributed by atoms with Crippen LogP contribution in [0.3, 0.4) is 0 Å². The van der Waals surface area contributed by atoms with E-state index in [0.29, 0.717) is 4.47 Å². The van der Waals surface area contributed by atoms with Crippen LogP contribution in [0.5, 0.6) is 0 Å². The zero-order chi connectivity index (χ0) is 12.5. The zero-order valence-electron chi connectivity index (χ0n) is 8.96. The molecular weight excluding hydrogens is 304 g/mol. The van der Waals surface area contributed by atoms with Gasteiger partial charge in [-0.05, 0) is 35.0 Å². The summed E-state index contributed by atoms with van der Waals surface area (Å²) in [5, 5.41) is -0.190. The monoisotopic (exact) mass is 312 g/mol. The molecule has 0 bridgehead atoms. The lowest BCUT2D eigenvalue weighted by atomic mass is 10.2. The number of sulfone groups is 1. The van der Waals surface area contributed by atoms with E-state index in [1.807, 2.05) is 6.92 Å². The number of hydrogen-bond acceptors (Lipinski definition) is 4. The fraction of sp³-hybridized carbons (Fsp3) is 0.0909. The number of aryl methyl sites for hydroxylation is 1. The number of benzene rings is 1. The molecular formula is C11H9BrN2O2S. The molecule has 0 aliphatic carbocycles. The Labute approximate surface area is 108 Å². The second-order valence-electron chi connectivity index (χ2n) is 3.50. The molecule has 17 heavy (non-hydrogen) atoms. The minimum atomic E-state index is -3.62. The van der Waals surface area contributed by atoms with Crippen molar-refractivity contribution in [3.05, 3.63) is 46.7 Å². The average molecular weight is 313 g/mol. The van der Waals surface area contributed by atoms with Crippen LogP contribution in [-0.2, 0) is 9.84 Å². The molecule has 0 spiro atoms. The standard InChI is InChI=1S/C11H9BrN2O2S/c1-8-2-4-10(5-3-8)17(15,16)11-13-6-9(12)7-14-11/h2-7H,1H3. The molecule has 88 valence electrons. The number of hydrogen-bond donors (Lipinski definition) is 0. The zero-order valence-corrected chi connectivity index (χ0v) is 11.4. The summed E-state index contributed by atoms with van der Waals surface area (Å²) in [5.74, 6) is 0. The summed E-state index contributed by atoms with van der Waals surface area (Å²) in [6, 6.07) is 6.59. The molecule has 0 aliphatic rings. The molecule has 4 nitrogen and oxygen atoms in total. The molecule has 0 N–H and O–H groups in total. The third-order valence-electron chi connectivity index (χ3n) is 2.17. The SMILES string of the molecule is Cc1ccc(S(=O)(=O)c2ncc(Br)cn2)cc1. The molecule has 0 amide bonds. The summed E-state index contributed by atoms with van der Waals surface area (Å²) in [7, 11) is -3.62. The van der Waals surface area contributed by atoms with Crippen LogP contribution < -0.4 is 0 Å². The van der Waals surface area contributed by atoms with E-state index in [0.717, 1.165) is 5.56 Å². The fourth-order valence-electron chi connectivity index (χ4n) is 1.26. The van der Waals surface area contributed by atoms with Crippen molar-refractivity contribution >= 4 is 25.8 Å². The van der Waals surface area contributed by atoms with E-state index < -0.39 is 9.84 Å². The van der Waals surface area contributed by atoms with Crippen molar-refractivity contribution in [1.82, 2.24) is 9.97 Å². The van der Waals surface area contributed by atoms with Crippen LogP contribution in [-0.4, -0.2) is 18.4 Å². The van der Waals surface area contributed by atoms with Gasteiger partial charge >= 0.3 is 0 Å². The molecule has 0 saturated carbocycles. The van der Waals surface area contributed by atoms with Gasteiger partial charge < -0.3 is 0 Å². The summed E-state index contributed by atoms with van der Waals surface area (Å²) < 4.78 is 24.9. The summed E-state index contributed by atoms with van der Waals surface area (Å²) in [6.07, 6.45) is 2.82. The van der Waals surface area contributed by atoms with Gasteiger partial charge in [0.15, 0.2) is 0 Å². The predicted octanol–water partition coefficient (Wildman–Crippen LogP) is 2.38. The van der Waals surface area contributed by atoms with Crippen molar-refractivity contribution in [1.29, 1.82) is 0 Å². The van der Waals surface area contributed by atoms with Crippen molar-refractivity contribution in [3.8, 4) is 0 Å². The molecule has 1 aromatic heterocycles. The molecule has 1 aromatic carbocycles. The van der Waals surface area contributed by atoms with Crippen LogP contribution >= 0.6 is 15.9 Å². The van der Waals surface area contributed by atoms with Crippen LogP contribution in [0.2, 0.25) is 0 Å². The second-order valence-corrected chi connectivity index (χ2v) is 6.26. The van der Waals surface area contributed by atoms with Gasteiger partial charge in [-0.3, -0.25) is 0 Å². The summed E-state index contributed by atoms with van der Waals surface area (Å²) in [4.78, 5) is 7.81. The van der Waals surface area contributed by atoms with Gasteiger partial charge in [0, 0.05) is 12.4 Å². The first-order valence-corrected chi connectivity index (χ1v) is 7.07. The van der Waals surface area contributed by atoms with Gasteiger partial charge in [0.2, 0.25) is 9.84 Å². The Morgan fingerprint density at radius 2 is 1.59 bits per heavy atom. The van der Waals surface area contributed by atoms with Gasteiger partial charge in [0.1, 0.15) is 0 Å². The maximum absolute atomic E-state index is 12.1. The minimum absolute atomic E-state index is 0.190.